The predicted molar refractivity (Wildman–Crippen MR) is 129 cm³/mol. The highest BCUT2D eigenvalue weighted by Crippen LogP contribution is 2.24. The Morgan fingerprint density at radius 3 is 2.45 bits per heavy atom. The van der Waals surface area contributed by atoms with Crippen LogP contribution in [0.3, 0.4) is 0 Å². The van der Waals surface area contributed by atoms with Crippen LogP contribution in [0.15, 0.2) is 53.9 Å². The minimum Gasteiger partial charge on any atom is -0.489 e. The molecule has 0 aliphatic carbocycles. The van der Waals surface area contributed by atoms with Gasteiger partial charge in [0.05, 0.1) is 9.80 Å². The van der Waals surface area contributed by atoms with Gasteiger partial charge in [-0.05, 0) is 41.3 Å². The van der Waals surface area contributed by atoms with E-state index in [-0.39, 0.29) is 18.2 Å². The molecule has 1 aliphatic rings. The molecule has 4 rings (SSSR count). The Morgan fingerprint density at radius 1 is 1.06 bits per heavy atom. The maximum Gasteiger partial charge on any atom is 0.269 e. The van der Waals surface area contributed by atoms with E-state index in [2.05, 4.69) is 4.90 Å². The third kappa shape index (κ3) is 6.03. The third-order valence-electron chi connectivity index (χ3n) is 5.39. The van der Waals surface area contributed by atoms with Crippen molar-refractivity contribution in [3.8, 4) is 5.75 Å². The van der Waals surface area contributed by atoms with Gasteiger partial charge < -0.3 is 9.64 Å². The Labute approximate surface area is 205 Å². The molecule has 2 heterocycles. The summed E-state index contributed by atoms with van der Waals surface area (Å²) < 4.78 is 5.69. The molecule has 172 valence electrons. The number of hydrogen-bond acceptors (Lipinski definition) is 6. The van der Waals surface area contributed by atoms with E-state index in [4.69, 9.17) is 27.9 Å². The van der Waals surface area contributed by atoms with Gasteiger partial charge in [-0.25, -0.2) is 0 Å². The zero-order valence-corrected chi connectivity index (χ0v) is 19.9. The molecule has 0 N–H and O–H groups in total. The van der Waals surface area contributed by atoms with Crippen molar-refractivity contribution in [3.63, 3.8) is 0 Å². The Morgan fingerprint density at radius 2 is 1.79 bits per heavy atom. The van der Waals surface area contributed by atoms with E-state index in [1.54, 1.807) is 18.2 Å². The molecule has 0 saturated carbocycles. The summed E-state index contributed by atoms with van der Waals surface area (Å²) in [7, 11) is 0. The molecule has 0 unspecified atom stereocenters. The van der Waals surface area contributed by atoms with Crippen molar-refractivity contribution >= 4 is 46.1 Å². The number of thiophene rings is 1. The van der Waals surface area contributed by atoms with Crippen LogP contribution in [0.25, 0.3) is 0 Å². The topological polar surface area (TPSA) is 75.9 Å². The number of hydrogen-bond donors (Lipinski definition) is 0. The fraction of sp³-hybridized carbons (Fsp3) is 0.261. The second-order valence-corrected chi connectivity index (χ2v) is 9.42. The Bertz CT molecular complexity index is 1140. The van der Waals surface area contributed by atoms with Crippen LogP contribution >= 0.6 is 34.5 Å². The summed E-state index contributed by atoms with van der Waals surface area (Å²) >= 11 is 13.6. The van der Waals surface area contributed by atoms with Gasteiger partial charge in [-0.2, -0.15) is 0 Å². The number of non-ortho nitro benzene ring substituents is 1. The summed E-state index contributed by atoms with van der Waals surface area (Å²) in [6, 6.07) is 13.3. The van der Waals surface area contributed by atoms with Crippen molar-refractivity contribution in [2.45, 2.75) is 13.2 Å². The van der Waals surface area contributed by atoms with Gasteiger partial charge in [-0.1, -0.05) is 29.3 Å². The number of nitrogens with zero attached hydrogens (tertiary/aromatic N) is 3. The SMILES string of the molecule is O=C(c1cc(COc2ccc([N+](=O)[O-])cc2)cs1)N1CCN(Cc2ccc(Cl)cc2Cl)CC1. The molecule has 0 radical (unpaired) electrons. The number of amides is 1. The van der Waals surface area contributed by atoms with Crippen LogP contribution < -0.4 is 4.74 Å². The molecule has 10 heteroatoms. The van der Waals surface area contributed by atoms with Gasteiger partial charge in [0.1, 0.15) is 12.4 Å². The largest absolute Gasteiger partial charge is 0.489 e. The van der Waals surface area contributed by atoms with Crippen LogP contribution in [0.5, 0.6) is 5.75 Å². The van der Waals surface area contributed by atoms with E-state index in [1.807, 2.05) is 28.5 Å². The lowest BCUT2D eigenvalue weighted by Gasteiger charge is -2.34. The quantitative estimate of drug-likeness (QED) is 0.313. The van der Waals surface area contributed by atoms with Gasteiger partial charge in [-0.15, -0.1) is 11.3 Å². The first-order valence-corrected chi connectivity index (χ1v) is 11.9. The second-order valence-electron chi connectivity index (χ2n) is 7.66. The van der Waals surface area contributed by atoms with Crippen molar-refractivity contribution in [1.29, 1.82) is 0 Å². The number of carbonyl (C=O) groups excluding carboxylic acids is 1. The summed E-state index contributed by atoms with van der Waals surface area (Å²) in [4.78, 5) is 28.0. The Hall–Kier alpha value is -2.65. The first-order chi connectivity index (χ1) is 15.9. The van der Waals surface area contributed by atoms with Crippen LogP contribution in [0.4, 0.5) is 5.69 Å². The summed E-state index contributed by atoms with van der Waals surface area (Å²) in [6.45, 7) is 3.85. The first kappa shape index (κ1) is 23.5. The molecule has 1 saturated heterocycles. The molecule has 1 amide bonds. The fourth-order valence-electron chi connectivity index (χ4n) is 3.55. The fourth-order valence-corrected chi connectivity index (χ4v) is 4.88. The minimum absolute atomic E-state index is 0.0159. The molecule has 1 aliphatic heterocycles. The van der Waals surface area contributed by atoms with Crippen molar-refractivity contribution in [2.75, 3.05) is 26.2 Å². The normalized spacial score (nSPS) is 14.3. The summed E-state index contributed by atoms with van der Waals surface area (Å²) in [5.41, 5.74) is 1.93. The number of benzene rings is 2. The lowest BCUT2D eigenvalue weighted by molar-refractivity contribution is -0.384. The number of carbonyl (C=O) groups is 1. The minimum atomic E-state index is -0.451. The summed E-state index contributed by atoms with van der Waals surface area (Å²) in [5.74, 6) is 0.558. The molecule has 0 atom stereocenters. The molecule has 1 aromatic heterocycles. The van der Waals surface area contributed by atoms with Gasteiger partial charge in [-0.3, -0.25) is 19.8 Å². The number of ether oxygens (including phenoxy) is 1. The average Bonchev–Trinajstić information content (AvgIpc) is 3.29. The molecule has 3 aromatic rings. The van der Waals surface area contributed by atoms with Crippen LogP contribution in [0, 0.1) is 10.1 Å². The highest BCUT2D eigenvalue weighted by Gasteiger charge is 2.23. The van der Waals surface area contributed by atoms with E-state index < -0.39 is 4.92 Å². The van der Waals surface area contributed by atoms with Crippen LogP contribution in [-0.4, -0.2) is 46.8 Å². The van der Waals surface area contributed by atoms with Crippen LogP contribution in [0.2, 0.25) is 10.0 Å². The number of nitro groups is 1. The average molecular weight is 506 g/mol. The van der Waals surface area contributed by atoms with Gasteiger partial charge >= 0.3 is 0 Å². The molecule has 7 nitrogen and oxygen atoms in total. The van der Waals surface area contributed by atoms with Gasteiger partial charge in [0.2, 0.25) is 0 Å². The number of rotatable bonds is 7. The standard InChI is InChI=1S/C23H21Cl2N3O4S/c24-18-2-1-17(21(25)12-18)13-26-7-9-27(10-8-26)23(29)22-11-16(15-33-22)14-32-20-5-3-19(4-6-20)28(30)31/h1-6,11-12,15H,7-10,13-14H2. The maximum absolute atomic E-state index is 12.9. The van der Waals surface area contributed by atoms with E-state index in [0.29, 0.717) is 33.8 Å². The first-order valence-electron chi connectivity index (χ1n) is 10.3. The monoisotopic (exact) mass is 505 g/mol. The number of piperazine rings is 1. The van der Waals surface area contributed by atoms with Crippen LogP contribution in [0.1, 0.15) is 20.8 Å². The van der Waals surface area contributed by atoms with Crippen molar-refractivity contribution in [2.24, 2.45) is 0 Å². The van der Waals surface area contributed by atoms with Crippen LogP contribution in [-0.2, 0) is 13.2 Å². The zero-order chi connectivity index (χ0) is 23.4. The van der Waals surface area contributed by atoms with Crippen molar-refractivity contribution < 1.29 is 14.5 Å². The lowest BCUT2D eigenvalue weighted by atomic mass is 10.2. The summed E-state index contributed by atoms with van der Waals surface area (Å²) in [5, 5.41) is 13.9. The molecule has 1 fully saturated rings. The van der Waals surface area contributed by atoms with E-state index in [0.717, 1.165) is 30.8 Å². The van der Waals surface area contributed by atoms with Gasteiger partial charge in [0.15, 0.2) is 0 Å². The van der Waals surface area contributed by atoms with Crippen molar-refractivity contribution in [3.05, 3.63) is 90.1 Å². The molecule has 33 heavy (non-hydrogen) atoms. The molecular formula is C23H21Cl2N3O4S. The highest BCUT2D eigenvalue weighted by molar-refractivity contribution is 7.12. The highest BCUT2D eigenvalue weighted by atomic mass is 35.5. The lowest BCUT2D eigenvalue weighted by Crippen LogP contribution is -2.48. The molecule has 0 bridgehead atoms. The molecular weight excluding hydrogens is 485 g/mol. The Balaban J connectivity index is 1.27. The zero-order valence-electron chi connectivity index (χ0n) is 17.6. The van der Waals surface area contributed by atoms with Crippen molar-refractivity contribution in [1.82, 2.24) is 9.80 Å². The van der Waals surface area contributed by atoms with E-state index in [9.17, 15) is 14.9 Å². The molecule has 2 aromatic carbocycles. The number of nitro benzene ring substituents is 1. The smallest absolute Gasteiger partial charge is 0.269 e. The Kier molecular flexibility index (Phi) is 7.49. The summed E-state index contributed by atoms with van der Waals surface area (Å²) in [6.07, 6.45) is 0. The van der Waals surface area contributed by atoms with E-state index >= 15 is 0 Å². The van der Waals surface area contributed by atoms with E-state index in [1.165, 1.54) is 23.5 Å². The number of halogens is 2. The van der Waals surface area contributed by atoms with Gasteiger partial charge in [0, 0.05) is 60.5 Å². The third-order valence-corrected chi connectivity index (χ3v) is 6.94. The molecule has 0 spiro atoms. The maximum atomic E-state index is 12.9. The second kappa shape index (κ2) is 10.5. The van der Waals surface area contributed by atoms with Gasteiger partial charge in [0.25, 0.3) is 11.6 Å². The predicted octanol–water partition coefficient (Wildman–Crippen LogP) is 5.50.